The second-order valence-corrected chi connectivity index (χ2v) is 5.46. The molecule has 1 atom stereocenters. The third-order valence-electron chi connectivity index (χ3n) is 4.03. The third-order valence-corrected chi connectivity index (χ3v) is 4.03. The smallest absolute Gasteiger partial charge is 0.0672 e. The highest BCUT2D eigenvalue weighted by Crippen LogP contribution is 2.26. The van der Waals surface area contributed by atoms with Crippen LogP contribution in [-0.4, -0.2) is 16.3 Å². The summed E-state index contributed by atoms with van der Waals surface area (Å²) < 4.78 is 2.28. The summed E-state index contributed by atoms with van der Waals surface area (Å²) in [6.45, 7) is 13.3. The molecule has 0 radical (unpaired) electrons. The van der Waals surface area contributed by atoms with Crippen molar-refractivity contribution in [3.8, 4) is 0 Å². The number of nitrogens with zero attached hydrogens (tertiary/aromatic N) is 2. The second kappa shape index (κ2) is 9.17. The van der Waals surface area contributed by atoms with Crippen molar-refractivity contribution in [1.29, 1.82) is 0 Å². The summed E-state index contributed by atoms with van der Waals surface area (Å²) in [6.07, 6.45) is 7.05. The van der Waals surface area contributed by atoms with E-state index in [4.69, 9.17) is 5.10 Å². The largest absolute Gasteiger partial charge is 0.310 e. The number of unbranched alkanes of at least 4 members (excludes halogenated alkanes) is 2. The van der Waals surface area contributed by atoms with Crippen LogP contribution in [0.25, 0.3) is 0 Å². The molecule has 0 fully saturated rings. The van der Waals surface area contributed by atoms with Gasteiger partial charge in [-0.15, -0.1) is 0 Å². The van der Waals surface area contributed by atoms with Crippen molar-refractivity contribution in [3.63, 3.8) is 0 Å². The van der Waals surface area contributed by atoms with Gasteiger partial charge in [-0.1, -0.05) is 47.5 Å². The first-order chi connectivity index (χ1) is 9.73. The minimum atomic E-state index is 0.463. The number of hydrogen-bond donors (Lipinski definition) is 1. The Balaban J connectivity index is 3.06. The van der Waals surface area contributed by atoms with E-state index in [0.717, 1.165) is 32.4 Å². The second-order valence-electron chi connectivity index (χ2n) is 5.46. The molecule has 0 aliphatic heterocycles. The molecular formula is C17H33N3. The van der Waals surface area contributed by atoms with Gasteiger partial charge in [0.15, 0.2) is 0 Å². The van der Waals surface area contributed by atoms with Gasteiger partial charge < -0.3 is 5.32 Å². The number of rotatable bonds is 10. The molecule has 20 heavy (non-hydrogen) atoms. The van der Waals surface area contributed by atoms with E-state index >= 15 is 0 Å². The summed E-state index contributed by atoms with van der Waals surface area (Å²) in [7, 11) is 0. The maximum Gasteiger partial charge on any atom is 0.0672 e. The van der Waals surface area contributed by atoms with Crippen LogP contribution in [0.5, 0.6) is 0 Å². The molecule has 0 aliphatic rings. The highest BCUT2D eigenvalue weighted by Gasteiger charge is 2.21. The molecule has 0 aliphatic carbocycles. The van der Waals surface area contributed by atoms with Crippen molar-refractivity contribution >= 4 is 0 Å². The van der Waals surface area contributed by atoms with Crippen molar-refractivity contribution in [2.75, 3.05) is 6.54 Å². The lowest BCUT2D eigenvalue weighted by molar-refractivity contribution is 0.515. The Hall–Kier alpha value is -0.830. The van der Waals surface area contributed by atoms with Gasteiger partial charge in [0.05, 0.1) is 5.69 Å². The van der Waals surface area contributed by atoms with Gasteiger partial charge in [0.1, 0.15) is 0 Å². The average Bonchev–Trinajstić information content (AvgIpc) is 2.82. The van der Waals surface area contributed by atoms with Crippen LogP contribution in [0.15, 0.2) is 0 Å². The highest BCUT2D eigenvalue weighted by molar-refractivity contribution is 5.30. The van der Waals surface area contributed by atoms with E-state index in [-0.39, 0.29) is 0 Å². The van der Waals surface area contributed by atoms with Crippen LogP contribution in [0.3, 0.4) is 0 Å². The SMILES string of the molecule is CCCCCn1nc(CC)c(C(CC)NCC)c1CC. The molecule has 1 aromatic heterocycles. The Morgan fingerprint density at radius 2 is 1.80 bits per heavy atom. The Morgan fingerprint density at radius 1 is 1.05 bits per heavy atom. The van der Waals surface area contributed by atoms with E-state index < -0.39 is 0 Å². The molecule has 3 nitrogen and oxygen atoms in total. The van der Waals surface area contributed by atoms with E-state index in [1.807, 2.05) is 0 Å². The molecule has 1 heterocycles. The molecule has 116 valence electrons. The van der Waals surface area contributed by atoms with Gasteiger partial charge in [0.2, 0.25) is 0 Å². The predicted octanol–water partition coefficient (Wildman–Crippen LogP) is 4.26. The zero-order chi connectivity index (χ0) is 15.0. The first-order valence-corrected chi connectivity index (χ1v) is 8.55. The van der Waals surface area contributed by atoms with Crippen LogP contribution in [0.2, 0.25) is 0 Å². The quantitative estimate of drug-likeness (QED) is 0.649. The zero-order valence-corrected chi connectivity index (χ0v) is 14.1. The molecule has 0 bridgehead atoms. The van der Waals surface area contributed by atoms with Gasteiger partial charge in [0, 0.05) is 23.8 Å². The van der Waals surface area contributed by atoms with Crippen LogP contribution in [0.4, 0.5) is 0 Å². The van der Waals surface area contributed by atoms with E-state index in [2.05, 4.69) is 44.6 Å². The predicted molar refractivity (Wildman–Crippen MR) is 87.2 cm³/mol. The van der Waals surface area contributed by atoms with Gasteiger partial charge in [-0.2, -0.15) is 5.10 Å². The fourth-order valence-electron chi connectivity index (χ4n) is 3.00. The average molecular weight is 279 g/mol. The molecule has 0 aromatic carbocycles. The summed E-state index contributed by atoms with van der Waals surface area (Å²) in [5.41, 5.74) is 4.23. The summed E-state index contributed by atoms with van der Waals surface area (Å²) in [5.74, 6) is 0. The molecule has 3 heteroatoms. The Morgan fingerprint density at radius 3 is 2.30 bits per heavy atom. The van der Waals surface area contributed by atoms with Crippen molar-refractivity contribution in [2.45, 2.75) is 85.7 Å². The van der Waals surface area contributed by atoms with E-state index in [1.165, 1.54) is 36.2 Å². The van der Waals surface area contributed by atoms with Crippen LogP contribution < -0.4 is 5.32 Å². The summed E-state index contributed by atoms with van der Waals surface area (Å²) in [4.78, 5) is 0. The Bertz CT molecular complexity index is 382. The Labute approximate surface area is 125 Å². The molecule has 0 saturated carbocycles. The first-order valence-electron chi connectivity index (χ1n) is 8.55. The topological polar surface area (TPSA) is 29.9 Å². The molecular weight excluding hydrogens is 246 g/mol. The van der Waals surface area contributed by atoms with Gasteiger partial charge >= 0.3 is 0 Å². The van der Waals surface area contributed by atoms with Gasteiger partial charge in [-0.05, 0) is 32.2 Å². The normalized spacial score (nSPS) is 12.8. The lowest BCUT2D eigenvalue weighted by Gasteiger charge is -2.18. The lowest BCUT2D eigenvalue weighted by Crippen LogP contribution is -2.22. The van der Waals surface area contributed by atoms with Crippen LogP contribution in [0, 0.1) is 0 Å². The van der Waals surface area contributed by atoms with Crippen LogP contribution >= 0.6 is 0 Å². The Kier molecular flexibility index (Phi) is 7.90. The van der Waals surface area contributed by atoms with Crippen molar-refractivity contribution < 1.29 is 0 Å². The first kappa shape index (κ1) is 17.2. The molecule has 0 spiro atoms. The summed E-state index contributed by atoms with van der Waals surface area (Å²) in [5, 5.41) is 8.52. The molecule has 1 unspecified atom stereocenters. The third kappa shape index (κ3) is 4.08. The standard InChI is InChI=1S/C17H33N3/c1-6-11-12-13-20-16(9-4)17(15(8-3)19-20)14(7-2)18-10-5/h14,18H,6-13H2,1-5H3. The van der Waals surface area contributed by atoms with E-state index in [9.17, 15) is 0 Å². The van der Waals surface area contributed by atoms with Gasteiger partial charge in [0.25, 0.3) is 0 Å². The number of hydrogen-bond acceptors (Lipinski definition) is 2. The number of nitrogens with one attached hydrogen (secondary N) is 1. The van der Waals surface area contributed by atoms with E-state index in [1.54, 1.807) is 0 Å². The maximum atomic E-state index is 4.90. The van der Waals surface area contributed by atoms with Gasteiger partial charge in [-0.3, -0.25) is 4.68 Å². The number of aromatic nitrogens is 2. The molecule has 1 aromatic rings. The fraction of sp³-hybridized carbons (Fsp3) is 0.824. The van der Waals surface area contributed by atoms with Crippen molar-refractivity contribution in [3.05, 3.63) is 17.0 Å². The lowest BCUT2D eigenvalue weighted by atomic mass is 9.99. The summed E-state index contributed by atoms with van der Waals surface area (Å²) >= 11 is 0. The van der Waals surface area contributed by atoms with Gasteiger partial charge in [-0.25, -0.2) is 0 Å². The minimum absolute atomic E-state index is 0.463. The maximum absolute atomic E-state index is 4.90. The molecule has 1 rings (SSSR count). The minimum Gasteiger partial charge on any atom is -0.310 e. The molecule has 0 saturated heterocycles. The van der Waals surface area contributed by atoms with Crippen molar-refractivity contribution in [2.24, 2.45) is 0 Å². The van der Waals surface area contributed by atoms with Crippen molar-refractivity contribution in [1.82, 2.24) is 15.1 Å². The monoisotopic (exact) mass is 279 g/mol. The van der Waals surface area contributed by atoms with E-state index in [0.29, 0.717) is 6.04 Å². The fourth-order valence-corrected chi connectivity index (χ4v) is 3.00. The zero-order valence-electron chi connectivity index (χ0n) is 14.1. The number of aryl methyl sites for hydroxylation is 2. The highest BCUT2D eigenvalue weighted by atomic mass is 15.3. The molecule has 0 amide bonds. The van der Waals surface area contributed by atoms with Crippen LogP contribution in [0.1, 0.15) is 83.3 Å². The molecule has 1 N–H and O–H groups in total. The van der Waals surface area contributed by atoms with Crippen LogP contribution in [-0.2, 0) is 19.4 Å². The summed E-state index contributed by atoms with van der Waals surface area (Å²) in [6, 6.07) is 0.463.